The number of nitrogens with zero attached hydrogens (tertiary/aromatic N) is 5. The van der Waals surface area contributed by atoms with Crippen LogP contribution < -0.4 is 15.0 Å². The first-order chi connectivity index (χ1) is 13.1. The van der Waals surface area contributed by atoms with Crippen LogP contribution in [-0.2, 0) is 4.79 Å². The van der Waals surface area contributed by atoms with Crippen molar-refractivity contribution in [2.24, 2.45) is 0 Å². The standard InChI is InChI=1S/C17H20N6O4/c1-27-13-3-4-14(15(11-13)23(25)26)20-16(24)12-21-7-9-22(10-8-21)17-18-5-2-6-19-17/h2-6,11H,7-10,12H2,1H3,(H,20,24). The molecule has 1 fully saturated rings. The number of ether oxygens (including phenoxy) is 1. The molecule has 0 atom stereocenters. The van der Waals surface area contributed by atoms with Gasteiger partial charge in [0.25, 0.3) is 5.69 Å². The molecule has 0 aliphatic carbocycles. The van der Waals surface area contributed by atoms with Crippen LogP contribution in [0.4, 0.5) is 17.3 Å². The molecular weight excluding hydrogens is 352 g/mol. The molecule has 1 aliphatic heterocycles. The number of benzene rings is 1. The summed E-state index contributed by atoms with van der Waals surface area (Å²) in [7, 11) is 1.43. The summed E-state index contributed by atoms with van der Waals surface area (Å²) in [5.41, 5.74) is -0.0455. The number of carbonyl (C=O) groups excluding carboxylic acids is 1. The van der Waals surface area contributed by atoms with Gasteiger partial charge in [0.15, 0.2) is 0 Å². The van der Waals surface area contributed by atoms with Crippen molar-refractivity contribution in [3.05, 3.63) is 46.8 Å². The Morgan fingerprint density at radius 3 is 2.59 bits per heavy atom. The quantitative estimate of drug-likeness (QED) is 0.593. The topological polar surface area (TPSA) is 114 Å². The zero-order chi connectivity index (χ0) is 19.2. The molecule has 1 saturated heterocycles. The van der Waals surface area contributed by atoms with Crippen molar-refractivity contribution in [2.45, 2.75) is 0 Å². The number of hydrogen-bond donors (Lipinski definition) is 1. The van der Waals surface area contributed by atoms with E-state index in [2.05, 4.69) is 20.2 Å². The highest BCUT2D eigenvalue weighted by molar-refractivity contribution is 5.94. The molecule has 1 aromatic carbocycles. The maximum atomic E-state index is 12.3. The van der Waals surface area contributed by atoms with Crippen molar-refractivity contribution < 1.29 is 14.5 Å². The highest BCUT2D eigenvalue weighted by atomic mass is 16.6. The zero-order valence-corrected chi connectivity index (χ0v) is 14.9. The van der Waals surface area contributed by atoms with Crippen molar-refractivity contribution in [2.75, 3.05) is 50.1 Å². The van der Waals surface area contributed by atoms with Gasteiger partial charge in [-0.2, -0.15) is 0 Å². The van der Waals surface area contributed by atoms with E-state index in [0.29, 0.717) is 37.9 Å². The van der Waals surface area contributed by atoms with E-state index < -0.39 is 4.92 Å². The van der Waals surface area contributed by atoms with Gasteiger partial charge in [0.2, 0.25) is 11.9 Å². The maximum Gasteiger partial charge on any atom is 0.296 e. The van der Waals surface area contributed by atoms with Crippen molar-refractivity contribution in [1.29, 1.82) is 0 Å². The second kappa shape index (κ2) is 8.41. The first-order valence-electron chi connectivity index (χ1n) is 8.43. The third-order valence-corrected chi connectivity index (χ3v) is 4.25. The molecule has 0 radical (unpaired) electrons. The Balaban J connectivity index is 1.55. The summed E-state index contributed by atoms with van der Waals surface area (Å²) in [6, 6.07) is 6.09. The zero-order valence-electron chi connectivity index (χ0n) is 14.9. The summed E-state index contributed by atoms with van der Waals surface area (Å²) in [6.07, 6.45) is 3.40. The summed E-state index contributed by atoms with van der Waals surface area (Å²) in [6.45, 7) is 2.93. The fourth-order valence-corrected chi connectivity index (χ4v) is 2.85. The van der Waals surface area contributed by atoms with Crippen LogP contribution in [0, 0.1) is 10.1 Å². The van der Waals surface area contributed by atoms with Crippen molar-refractivity contribution in [1.82, 2.24) is 14.9 Å². The minimum absolute atomic E-state index is 0.155. The molecule has 0 unspecified atom stereocenters. The van der Waals surface area contributed by atoms with Gasteiger partial charge in [0, 0.05) is 38.6 Å². The molecule has 1 aliphatic rings. The number of amides is 1. The molecule has 3 rings (SSSR count). The number of nitro groups is 1. The van der Waals surface area contributed by atoms with Gasteiger partial charge in [-0.15, -0.1) is 0 Å². The van der Waals surface area contributed by atoms with E-state index in [0.717, 1.165) is 0 Å². The van der Waals surface area contributed by atoms with Gasteiger partial charge in [-0.1, -0.05) is 0 Å². The van der Waals surface area contributed by atoms with Gasteiger partial charge in [-0.05, 0) is 18.2 Å². The van der Waals surface area contributed by atoms with Crippen LogP contribution in [0.5, 0.6) is 5.75 Å². The normalized spacial score (nSPS) is 14.6. The number of piperazine rings is 1. The van der Waals surface area contributed by atoms with E-state index in [1.165, 1.54) is 19.2 Å². The van der Waals surface area contributed by atoms with E-state index >= 15 is 0 Å². The van der Waals surface area contributed by atoms with Crippen LogP contribution in [0.3, 0.4) is 0 Å². The number of rotatable bonds is 6. The van der Waals surface area contributed by atoms with Gasteiger partial charge >= 0.3 is 0 Å². The average Bonchev–Trinajstić information content (AvgIpc) is 2.69. The second-order valence-electron chi connectivity index (χ2n) is 6.00. The van der Waals surface area contributed by atoms with Gasteiger partial charge < -0.3 is 15.0 Å². The molecule has 2 aromatic rings. The molecule has 0 bridgehead atoms. The van der Waals surface area contributed by atoms with Gasteiger partial charge in [-0.3, -0.25) is 19.8 Å². The Labute approximate surface area is 155 Å². The summed E-state index contributed by atoms with van der Waals surface area (Å²) in [4.78, 5) is 35.5. The number of methoxy groups -OCH3 is 1. The van der Waals surface area contributed by atoms with Gasteiger partial charge in [0.1, 0.15) is 11.4 Å². The first-order valence-corrected chi connectivity index (χ1v) is 8.43. The fraction of sp³-hybridized carbons (Fsp3) is 0.353. The van der Waals surface area contributed by atoms with Crippen LogP contribution in [0.1, 0.15) is 0 Å². The summed E-state index contributed by atoms with van der Waals surface area (Å²) in [5, 5.41) is 13.8. The second-order valence-corrected chi connectivity index (χ2v) is 6.00. The number of nitro benzene ring substituents is 1. The predicted molar refractivity (Wildman–Crippen MR) is 99.0 cm³/mol. The lowest BCUT2D eigenvalue weighted by molar-refractivity contribution is -0.384. The lowest BCUT2D eigenvalue weighted by Gasteiger charge is -2.34. The molecule has 10 heteroatoms. The van der Waals surface area contributed by atoms with Crippen LogP contribution in [0.25, 0.3) is 0 Å². The summed E-state index contributed by atoms with van der Waals surface area (Å²) >= 11 is 0. The van der Waals surface area contributed by atoms with Crippen LogP contribution >= 0.6 is 0 Å². The van der Waals surface area contributed by atoms with Crippen LogP contribution in [0.2, 0.25) is 0 Å². The third-order valence-electron chi connectivity index (χ3n) is 4.25. The molecule has 1 amide bonds. The molecule has 2 heterocycles. The van der Waals surface area contributed by atoms with Gasteiger partial charge in [0.05, 0.1) is 24.6 Å². The molecule has 1 N–H and O–H groups in total. The molecule has 10 nitrogen and oxygen atoms in total. The Morgan fingerprint density at radius 1 is 1.26 bits per heavy atom. The highest BCUT2D eigenvalue weighted by Gasteiger charge is 2.22. The number of hydrogen-bond acceptors (Lipinski definition) is 8. The number of nitrogens with one attached hydrogen (secondary N) is 1. The minimum Gasteiger partial charge on any atom is -0.496 e. The van der Waals surface area contributed by atoms with E-state index in [1.54, 1.807) is 24.5 Å². The highest BCUT2D eigenvalue weighted by Crippen LogP contribution is 2.28. The minimum atomic E-state index is -0.545. The lowest BCUT2D eigenvalue weighted by atomic mass is 10.2. The molecule has 1 aromatic heterocycles. The van der Waals surface area contributed by atoms with E-state index in [-0.39, 0.29) is 23.8 Å². The van der Waals surface area contributed by atoms with Crippen LogP contribution in [0.15, 0.2) is 36.7 Å². The number of aromatic nitrogens is 2. The van der Waals surface area contributed by atoms with E-state index in [9.17, 15) is 14.9 Å². The van der Waals surface area contributed by atoms with E-state index in [1.807, 2.05) is 4.90 Å². The number of carbonyl (C=O) groups is 1. The smallest absolute Gasteiger partial charge is 0.296 e. The predicted octanol–water partition coefficient (Wildman–Crippen LogP) is 1.15. The lowest BCUT2D eigenvalue weighted by Crippen LogP contribution is -2.49. The Hall–Kier alpha value is -3.27. The van der Waals surface area contributed by atoms with Crippen molar-refractivity contribution in [3.63, 3.8) is 0 Å². The molecule has 0 spiro atoms. The SMILES string of the molecule is COc1ccc(NC(=O)CN2CCN(c3ncccn3)CC2)c([N+](=O)[O-])c1. The monoisotopic (exact) mass is 372 g/mol. The van der Waals surface area contributed by atoms with E-state index in [4.69, 9.17) is 4.74 Å². The maximum absolute atomic E-state index is 12.3. The summed E-state index contributed by atoms with van der Waals surface area (Å²) in [5.74, 6) is 0.738. The Bertz CT molecular complexity index is 808. The number of anilines is 2. The Kier molecular flexibility index (Phi) is 5.77. The average molecular weight is 372 g/mol. The molecule has 27 heavy (non-hydrogen) atoms. The largest absolute Gasteiger partial charge is 0.496 e. The van der Waals surface area contributed by atoms with Gasteiger partial charge in [-0.25, -0.2) is 9.97 Å². The molecule has 142 valence electrons. The molecule has 0 saturated carbocycles. The molecular formula is C17H20N6O4. The Morgan fingerprint density at radius 2 is 1.96 bits per heavy atom. The van der Waals surface area contributed by atoms with Crippen molar-refractivity contribution in [3.8, 4) is 5.75 Å². The van der Waals surface area contributed by atoms with Crippen LogP contribution in [-0.4, -0.2) is 65.5 Å². The fourth-order valence-electron chi connectivity index (χ4n) is 2.85. The van der Waals surface area contributed by atoms with Crippen molar-refractivity contribution >= 4 is 23.2 Å². The first kappa shape index (κ1) is 18.5. The summed E-state index contributed by atoms with van der Waals surface area (Å²) < 4.78 is 4.99. The third kappa shape index (κ3) is 4.67.